The summed E-state index contributed by atoms with van der Waals surface area (Å²) in [5.41, 5.74) is 4.22. The van der Waals surface area contributed by atoms with Crippen LogP contribution in [0.15, 0.2) is 48.5 Å². The van der Waals surface area contributed by atoms with Gasteiger partial charge in [-0.3, -0.25) is 15.6 Å². The highest BCUT2D eigenvalue weighted by atomic mass is 19.4. The fraction of sp³-hybridized carbons (Fsp3) is 0.188. The van der Waals surface area contributed by atoms with Gasteiger partial charge in [0.05, 0.1) is 24.8 Å². The molecule has 0 atom stereocenters. The van der Waals surface area contributed by atoms with Crippen LogP contribution in [0.2, 0.25) is 0 Å². The molecule has 0 fully saturated rings. The predicted octanol–water partition coefficient (Wildman–Crippen LogP) is 3.40. The van der Waals surface area contributed by atoms with Gasteiger partial charge in [0, 0.05) is 0 Å². The van der Waals surface area contributed by atoms with Gasteiger partial charge in [0.2, 0.25) is 5.91 Å². The Morgan fingerprint density at radius 2 is 1.87 bits per heavy atom. The molecule has 0 saturated heterocycles. The van der Waals surface area contributed by atoms with E-state index in [-0.39, 0.29) is 12.1 Å². The number of amides is 1. The summed E-state index contributed by atoms with van der Waals surface area (Å²) in [5.74, 6) is 0.140. The zero-order valence-electron chi connectivity index (χ0n) is 12.3. The Balaban J connectivity index is 2.00. The van der Waals surface area contributed by atoms with E-state index in [9.17, 15) is 18.0 Å². The molecular weight excluding hydrogens is 309 g/mol. The van der Waals surface area contributed by atoms with E-state index in [1.54, 1.807) is 24.3 Å². The van der Waals surface area contributed by atoms with Crippen LogP contribution in [0.5, 0.6) is 5.75 Å². The Labute approximate surface area is 131 Å². The maximum absolute atomic E-state index is 12.8. The fourth-order valence-corrected chi connectivity index (χ4v) is 1.99. The number of alkyl halides is 3. The predicted molar refractivity (Wildman–Crippen MR) is 79.9 cm³/mol. The van der Waals surface area contributed by atoms with Crippen molar-refractivity contribution >= 4 is 11.6 Å². The van der Waals surface area contributed by atoms with E-state index in [4.69, 9.17) is 4.74 Å². The molecule has 122 valence electrons. The highest BCUT2D eigenvalue weighted by Gasteiger charge is 2.33. The molecule has 2 rings (SSSR count). The van der Waals surface area contributed by atoms with Crippen molar-refractivity contribution < 1.29 is 22.7 Å². The Kier molecular flexibility index (Phi) is 5.10. The fourth-order valence-electron chi connectivity index (χ4n) is 1.99. The normalized spacial score (nSPS) is 11.0. The van der Waals surface area contributed by atoms with Crippen LogP contribution in [0, 0.1) is 0 Å². The number of halogens is 3. The SMILES string of the molecule is COc1cccc(CC(=O)NNc2ccccc2C(F)(F)F)c1. The highest BCUT2D eigenvalue weighted by molar-refractivity contribution is 5.80. The van der Waals surface area contributed by atoms with Gasteiger partial charge < -0.3 is 4.74 Å². The van der Waals surface area contributed by atoms with Crippen molar-refractivity contribution in [2.75, 3.05) is 12.5 Å². The minimum absolute atomic E-state index is 0.0123. The summed E-state index contributed by atoms with van der Waals surface area (Å²) in [6.07, 6.45) is -4.49. The number of carbonyl (C=O) groups is 1. The minimum atomic E-state index is -4.50. The van der Waals surface area contributed by atoms with Gasteiger partial charge in [-0.1, -0.05) is 24.3 Å². The monoisotopic (exact) mass is 324 g/mol. The molecule has 0 aliphatic rings. The molecule has 0 aromatic heterocycles. The summed E-state index contributed by atoms with van der Waals surface area (Å²) in [7, 11) is 1.51. The lowest BCUT2D eigenvalue weighted by molar-refractivity contribution is -0.137. The molecule has 0 radical (unpaired) electrons. The topological polar surface area (TPSA) is 50.4 Å². The standard InChI is InChI=1S/C16H15F3N2O2/c1-23-12-6-4-5-11(9-12)10-15(22)21-20-14-8-3-2-7-13(14)16(17,18)19/h2-9,20H,10H2,1H3,(H,21,22). The third-order valence-corrected chi connectivity index (χ3v) is 3.07. The van der Waals surface area contributed by atoms with Crippen molar-refractivity contribution in [2.24, 2.45) is 0 Å². The number of anilines is 1. The average Bonchev–Trinajstić information content (AvgIpc) is 2.52. The van der Waals surface area contributed by atoms with Gasteiger partial charge >= 0.3 is 6.18 Å². The maximum atomic E-state index is 12.8. The molecule has 1 amide bonds. The van der Waals surface area contributed by atoms with Crippen LogP contribution in [0.3, 0.4) is 0 Å². The largest absolute Gasteiger partial charge is 0.497 e. The van der Waals surface area contributed by atoms with Gasteiger partial charge in [0.15, 0.2) is 0 Å². The number of carbonyl (C=O) groups excluding carboxylic acids is 1. The first-order valence-electron chi connectivity index (χ1n) is 6.74. The molecule has 0 saturated carbocycles. The maximum Gasteiger partial charge on any atom is 0.418 e. The number of hydrogen-bond donors (Lipinski definition) is 2. The van der Waals surface area contributed by atoms with E-state index in [0.717, 1.165) is 6.07 Å². The molecule has 2 N–H and O–H groups in total. The minimum Gasteiger partial charge on any atom is -0.497 e. The number of ether oxygens (including phenoxy) is 1. The zero-order chi connectivity index (χ0) is 16.9. The van der Waals surface area contributed by atoms with Gasteiger partial charge in [-0.15, -0.1) is 0 Å². The van der Waals surface area contributed by atoms with Crippen molar-refractivity contribution in [3.05, 3.63) is 59.7 Å². The van der Waals surface area contributed by atoms with Crippen molar-refractivity contribution in [2.45, 2.75) is 12.6 Å². The Morgan fingerprint density at radius 1 is 1.13 bits per heavy atom. The first kappa shape index (κ1) is 16.7. The number of rotatable bonds is 5. The number of benzene rings is 2. The van der Waals surface area contributed by atoms with Gasteiger partial charge in [-0.2, -0.15) is 13.2 Å². The third kappa shape index (κ3) is 4.64. The van der Waals surface area contributed by atoms with Gasteiger partial charge in [-0.05, 0) is 29.8 Å². The van der Waals surface area contributed by atoms with E-state index in [1.807, 2.05) is 0 Å². The summed E-state index contributed by atoms with van der Waals surface area (Å²) in [6.45, 7) is 0. The number of methoxy groups -OCH3 is 1. The lowest BCUT2D eigenvalue weighted by Crippen LogP contribution is -2.31. The summed E-state index contributed by atoms with van der Waals surface area (Å²) in [5, 5.41) is 0. The van der Waals surface area contributed by atoms with E-state index in [1.165, 1.54) is 25.3 Å². The van der Waals surface area contributed by atoms with Crippen molar-refractivity contribution in [3.8, 4) is 5.75 Å². The second-order valence-electron chi connectivity index (χ2n) is 4.74. The molecule has 0 bridgehead atoms. The Hall–Kier alpha value is -2.70. The number of para-hydroxylation sites is 1. The molecule has 4 nitrogen and oxygen atoms in total. The molecule has 0 aliphatic carbocycles. The number of hydrogen-bond acceptors (Lipinski definition) is 3. The zero-order valence-corrected chi connectivity index (χ0v) is 12.3. The number of nitrogens with one attached hydrogen (secondary N) is 2. The molecule has 0 unspecified atom stereocenters. The lowest BCUT2D eigenvalue weighted by Gasteiger charge is -2.15. The van der Waals surface area contributed by atoms with Crippen LogP contribution in [0.4, 0.5) is 18.9 Å². The summed E-state index contributed by atoms with van der Waals surface area (Å²) >= 11 is 0. The second kappa shape index (κ2) is 7.04. The van der Waals surface area contributed by atoms with E-state index in [2.05, 4.69) is 10.9 Å². The summed E-state index contributed by atoms with van der Waals surface area (Å²) in [4.78, 5) is 11.9. The molecule has 2 aromatic carbocycles. The molecule has 0 aliphatic heterocycles. The van der Waals surface area contributed by atoms with Crippen molar-refractivity contribution in [1.29, 1.82) is 0 Å². The van der Waals surface area contributed by atoms with Crippen LogP contribution in [-0.4, -0.2) is 13.0 Å². The lowest BCUT2D eigenvalue weighted by atomic mass is 10.1. The molecule has 2 aromatic rings. The van der Waals surface area contributed by atoms with E-state index >= 15 is 0 Å². The second-order valence-corrected chi connectivity index (χ2v) is 4.74. The average molecular weight is 324 g/mol. The van der Waals surface area contributed by atoms with Crippen LogP contribution < -0.4 is 15.6 Å². The first-order valence-corrected chi connectivity index (χ1v) is 6.74. The number of hydrazine groups is 1. The van der Waals surface area contributed by atoms with Crippen LogP contribution in [-0.2, 0) is 17.4 Å². The van der Waals surface area contributed by atoms with Crippen LogP contribution in [0.1, 0.15) is 11.1 Å². The van der Waals surface area contributed by atoms with Gasteiger partial charge in [-0.25, -0.2) is 0 Å². The first-order chi connectivity index (χ1) is 10.9. The van der Waals surface area contributed by atoms with Crippen LogP contribution in [0.25, 0.3) is 0 Å². The molecule has 23 heavy (non-hydrogen) atoms. The quantitative estimate of drug-likeness (QED) is 0.829. The summed E-state index contributed by atoms with van der Waals surface area (Å²) in [6, 6.07) is 11.8. The third-order valence-electron chi connectivity index (χ3n) is 3.07. The smallest absolute Gasteiger partial charge is 0.418 e. The van der Waals surface area contributed by atoms with E-state index in [0.29, 0.717) is 11.3 Å². The molecule has 0 heterocycles. The molecule has 7 heteroatoms. The van der Waals surface area contributed by atoms with Crippen LogP contribution >= 0.6 is 0 Å². The van der Waals surface area contributed by atoms with E-state index < -0.39 is 17.6 Å². The van der Waals surface area contributed by atoms with Gasteiger partial charge in [0.1, 0.15) is 5.75 Å². The van der Waals surface area contributed by atoms with Gasteiger partial charge in [0.25, 0.3) is 0 Å². The molecular formula is C16H15F3N2O2. The highest BCUT2D eigenvalue weighted by Crippen LogP contribution is 2.34. The molecule has 0 spiro atoms. The van der Waals surface area contributed by atoms with Crippen molar-refractivity contribution in [1.82, 2.24) is 5.43 Å². The Morgan fingerprint density at radius 3 is 2.57 bits per heavy atom. The Bertz CT molecular complexity index is 687. The van der Waals surface area contributed by atoms with Crippen molar-refractivity contribution in [3.63, 3.8) is 0 Å². The summed E-state index contributed by atoms with van der Waals surface area (Å²) < 4.78 is 43.6.